The van der Waals surface area contributed by atoms with Gasteiger partial charge in [-0.1, -0.05) is 19.8 Å². The van der Waals surface area contributed by atoms with E-state index in [-0.39, 0.29) is 0 Å². The summed E-state index contributed by atoms with van der Waals surface area (Å²) >= 11 is 0. The zero-order valence-corrected chi connectivity index (χ0v) is 8.75. The zero-order valence-electron chi connectivity index (χ0n) is 8.75. The highest BCUT2D eigenvalue weighted by Gasteiger charge is 2.20. The average molecular weight is 194 g/mol. The number of hydrogen-bond donors (Lipinski definition) is 1. The lowest BCUT2D eigenvalue weighted by atomic mass is 10.1. The van der Waals surface area contributed by atoms with Crippen molar-refractivity contribution in [3.8, 4) is 0 Å². The van der Waals surface area contributed by atoms with Gasteiger partial charge in [0.1, 0.15) is 5.76 Å². The second-order valence-electron chi connectivity index (χ2n) is 3.92. The third-order valence-electron chi connectivity index (χ3n) is 2.86. The molecular formula is C11H18N2O. The summed E-state index contributed by atoms with van der Waals surface area (Å²) in [6, 6.07) is 0. The number of aromatic nitrogens is 1. The predicted molar refractivity (Wildman–Crippen MR) is 55.1 cm³/mol. The third-order valence-corrected chi connectivity index (χ3v) is 2.86. The third kappa shape index (κ3) is 2.15. The Hall–Kier alpha value is -0.830. The van der Waals surface area contributed by atoms with E-state index < -0.39 is 0 Å². The first-order valence-corrected chi connectivity index (χ1v) is 5.55. The van der Waals surface area contributed by atoms with Crippen molar-refractivity contribution >= 4 is 0 Å². The van der Waals surface area contributed by atoms with Crippen LogP contribution in [0.25, 0.3) is 0 Å². The molecule has 3 nitrogen and oxygen atoms in total. The Bertz CT molecular complexity index is 277. The second-order valence-corrected chi connectivity index (χ2v) is 3.92. The first-order valence-electron chi connectivity index (χ1n) is 5.55. The molecular weight excluding hydrogens is 176 g/mol. The van der Waals surface area contributed by atoms with Gasteiger partial charge in [-0.05, 0) is 19.4 Å². The molecule has 2 rings (SSSR count). The highest BCUT2D eigenvalue weighted by atomic mass is 16.4. The van der Waals surface area contributed by atoms with Crippen molar-refractivity contribution in [2.45, 2.75) is 45.1 Å². The number of rotatable bonds is 4. The monoisotopic (exact) mass is 194 g/mol. The summed E-state index contributed by atoms with van der Waals surface area (Å²) < 4.78 is 5.70. The number of hydrogen-bond acceptors (Lipinski definition) is 3. The lowest BCUT2D eigenvalue weighted by Gasteiger charge is -2.02. The molecule has 0 atom stereocenters. The highest BCUT2D eigenvalue weighted by Crippen LogP contribution is 2.34. The fourth-order valence-corrected chi connectivity index (χ4v) is 2.04. The molecule has 0 radical (unpaired) electrons. The Labute approximate surface area is 84.9 Å². The summed E-state index contributed by atoms with van der Waals surface area (Å²) in [5, 5.41) is 3.21. The molecule has 0 saturated heterocycles. The molecule has 78 valence electrons. The molecule has 0 aromatic carbocycles. The summed E-state index contributed by atoms with van der Waals surface area (Å²) in [5.41, 5.74) is 0. The van der Waals surface area contributed by atoms with Crippen LogP contribution >= 0.6 is 0 Å². The normalized spacial score (nSPS) is 17.8. The van der Waals surface area contributed by atoms with Crippen LogP contribution in [-0.4, -0.2) is 11.5 Å². The quantitative estimate of drug-likeness (QED) is 0.800. The summed E-state index contributed by atoms with van der Waals surface area (Å²) in [6.45, 7) is 3.80. The zero-order chi connectivity index (χ0) is 9.80. The fraction of sp³-hybridized carbons (Fsp3) is 0.727. The maximum atomic E-state index is 5.70. The molecule has 0 aliphatic heterocycles. The van der Waals surface area contributed by atoms with Crippen LogP contribution in [-0.2, 0) is 6.54 Å². The van der Waals surface area contributed by atoms with Crippen LogP contribution < -0.4 is 5.32 Å². The highest BCUT2D eigenvalue weighted by molar-refractivity contribution is 5.03. The van der Waals surface area contributed by atoms with Gasteiger partial charge >= 0.3 is 0 Å². The first kappa shape index (κ1) is 9.71. The van der Waals surface area contributed by atoms with Crippen LogP contribution in [0.4, 0.5) is 0 Å². The first-order chi connectivity index (χ1) is 6.90. The standard InChI is InChI=1S/C11H18N2O/c1-2-12-8-11-13-7-10(14-11)9-5-3-4-6-9/h7,9,12H,2-6,8H2,1H3. The molecule has 1 fully saturated rings. The van der Waals surface area contributed by atoms with E-state index >= 15 is 0 Å². The topological polar surface area (TPSA) is 38.1 Å². The van der Waals surface area contributed by atoms with Crippen molar-refractivity contribution in [1.82, 2.24) is 10.3 Å². The van der Waals surface area contributed by atoms with Gasteiger partial charge < -0.3 is 9.73 Å². The molecule has 0 bridgehead atoms. The van der Waals surface area contributed by atoms with Crippen molar-refractivity contribution in [3.63, 3.8) is 0 Å². The van der Waals surface area contributed by atoms with E-state index in [9.17, 15) is 0 Å². The van der Waals surface area contributed by atoms with Crippen LogP contribution in [0, 0.1) is 0 Å². The summed E-state index contributed by atoms with van der Waals surface area (Å²) in [5.74, 6) is 2.56. The van der Waals surface area contributed by atoms with Gasteiger partial charge in [-0.2, -0.15) is 0 Å². The Kier molecular flexibility index (Phi) is 3.19. The van der Waals surface area contributed by atoms with Crippen LogP contribution in [0.1, 0.15) is 50.2 Å². The lowest BCUT2D eigenvalue weighted by Crippen LogP contribution is -2.11. The van der Waals surface area contributed by atoms with E-state index in [4.69, 9.17) is 4.42 Å². The van der Waals surface area contributed by atoms with Crippen molar-refractivity contribution < 1.29 is 4.42 Å². The summed E-state index contributed by atoms with van der Waals surface area (Å²) in [6.07, 6.45) is 7.14. The molecule has 0 amide bonds. The Balaban J connectivity index is 1.94. The maximum absolute atomic E-state index is 5.70. The number of nitrogens with one attached hydrogen (secondary N) is 1. The second kappa shape index (κ2) is 4.60. The molecule has 1 aromatic heterocycles. The molecule has 14 heavy (non-hydrogen) atoms. The smallest absolute Gasteiger partial charge is 0.208 e. The minimum absolute atomic E-state index is 0.637. The van der Waals surface area contributed by atoms with E-state index in [1.165, 1.54) is 25.7 Å². The minimum Gasteiger partial charge on any atom is -0.444 e. The van der Waals surface area contributed by atoms with Crippen molar-refractivity contribution in [3.05, 3.63) is 17.8 Å². The van der Waals surface area contributed by atoms with E-state index in [0.717, 1.165) is 24.7 Å². The molecule has 1 saturated carbocycles. The van der Waals surface area contributed by atoms with E-state index in [0.29, 0.717) is 5.92 Å². The van der Waals surface area contributed by atoms with Gasteiger partial charge in [0.2, 0.25) is 5.89 Å². The van der Waals surface area contributed by atoms with Crippen LogP contribution in [0.5, 0.6) is 0 Å². The van der Waals surface area contributed by atoms with E-state index in [1.54, 1.807) is 0 Å². The van der Waals surface area contributed by atoms with Crippen molar-refractivity contribution in [2.75, 3.05) is 6.54 Å². The maximum Gasteiger partial charge on any atom is 0.208 e. The average Bonchev–Trinajstić information content (AvgIpc) is 2.85. The molecule has 0 spiro atoms. The minimum atomic E-state index is 0.637. The van der Waals surface area contributed by atoms with Crippen LogP contribution in [0.3, 0.4) is 0 Å². The van der Waals surface area contributed by atoms with Gasteiger partial charge in [0.05, 0.1) is 12.7 Å². The van der Waals surface area contributed by atoms with Gasteiger partial charge in [-0.15, -0.1) is 0 Å². The SMILES string of the molecule is CCNCc1ncc(C2CCCC2)o1. The van der Waals surface area contributed by atoms with Crippen LogP contribution in [0.15, 0.2) is 10.6 Å². The fourth-order valence-electron chi connectivity index (χ4n) is 2.04. The molecule has 1 N–H and O–H groups in total. The van der Waals surface area contributed by atoms with Gasteiger partial charge in [0.25, 0.3) is 0 Å². The molecule has 0 unspecified atom stereocenters. The van der Waals surface area contributed by atoms with Crippen LogP contribution in [0.2, 0.25) is 0 Å². The van der Waals surface area contributed by atoms with E-state index in [1.807, 2.05) is 6.20 Å². The number of nitrogens with zero attached hydrogens (tertiary/aromatic N) is 1. The van der Waals surface area contributed by atoms with Crippen molar-refractivity contribution in [2.24, 2.45) is 0 Å². The summed E-state index contributed by atoms with van der Waals surface area (Å²) in [4.78, 5) is 4.27. The van der Waals surface area contributed by atoms with Gasteiger partial charge in [0, 0.05) is 5.92 Å². The Morgan fingerprint density at radius 3 is 3.00 bits per heavy atom. The van der Waals surface area contributed by atoms with Gasteiger partial charge in [-0.25, -0.2) is 4.98 Å². The van der Waals surface area contributed by atoms with Gasteiger partial charge in [-0.3, -0.25) is 0 Å². The van der Waals surface area contributed by atoms with Gasteiger partial charge in [0.15, 0.2) is 0 Å². The summed E-state index contributed by atoms with van der Waals surface area (Å²) in [7, 11) is 0. The van der Waals surface area contributed by atoms with E-state index in [2.05, 4.69) is 17.2 Å². The predicted octanol–water partition coefficient (Wildman–Crippen LogP) is 2.44. The Morgan fingerprint density at radius 1 is 1.50 bits per heavy atom. The number of oxazole rings is 1. The van der Waals surface area contributed by atoms with Crippen molar-refractivity contribution in [1.29, 1.82) is 0 Å². The Morgan fingerprint density at radius 2 is 2.29 bits per heavy atom. The largest absolute Gasteiger partial charge is 0.444 e. The molecule has 1 aliphatic rings. The molecule has 1 aliphatic carbocycles. The molecule has 3 heteroatoms. The molecule has 1 heterocycles. The molecule has 1 aromatic rings. The lowest BCUT2D eigenvalue weighted by molar-refractivity contribution is 0.412.